The lowest BCUT2D eigenvalue weighted by Crippen LogP contribution is -2.30. The van der Waals surface area contributed by atoms with Gasteiger partial charge in [-0.2, -0.15) is 5.10 Å². The molecule has 9 nitrogen and oxygen atoms in total. The fourth-order valence-electron chi connectivity index (χ4n) is 1.74. The van der Waals surface area contributed by atoms with E-state index in [2.05, 4.69) is 5.10 Å². The maximum atomic E-state index is 11.8. The third kappa shape index (κ3) is 4.11. The highest BCUT2D eigenvalue weighted by Gasteiger charge is 2.38. The van der Waals surface area contributed by atoms with E-state index in [9.17, 15) is 14.4 Å². The summed E-state index contributed by atoms with van der Waals surface area (Å²) >= 11 is 0. The van der Waals surface area contributed by atoms with E-state index in [1.54, 1.807) is 13.8 Å². The molecule has 9 heteroatoms. The first-order valence-corrected chi connectivity index (χ1v) is 6.19. The zero-order valence-corrected chi connectivity index (χ0v) is 11.4. The first-order chi connectivity index (χ1) is 9.49. The Morgan fingerprint density at radius 1 is 1.35 bits per heavy atom. The van der Waals surface area contributed by atoms with Crippen molar-refractivity contribution in [2.45, 2.75) is 13.8 Å². The average Bonchev–Trinajstić information content (AvgIpc) is 2.81. The lowest BCUT2D eigenvalue weighted by atomic mass is 10.1. The molecule has 112 valence electrons. The smallest absolute Gasteiger partial charge is 0.410 e. The molecule has 20 heavy (non-hydrogen) atoms. The number of ether oxygens (including phenoxy) is 2. The minimum Gasteiger partial charge on any atom is -0.465 e. The summed E-state index contributed by atoms with van der Waals surface area (Å²) in [5.74, 6) is -1.24. The molecule has 0 aromatic rings. The molecule has 1 fully saturated rings. The fraction of sp³-hybridized carbons (Fsp3) is 0.636. The van der Waals surface area contributed by atoms with Gasteiger partial charge in [0.05, 0.1) is 25.5 Å². The summed E-state index contributed by atoms with van der Waals surface area (Å²) in [7, 11) is 0. The molecule has 1 heterocycles. The summed E-state index contributed by atoms with van der Waals surface area (Å²) in [6, 6.07) is -0.852. The molecule has 0 aromatic heterocycles. The molecule has 0 unspecified atom stereocenters. The van der Waals surface area contributed by atoms with Gasteiger partial charge in [-0.25, -0.2) is 15.0 Å². The number of carbonyl (C=O) groups excluding carboxylic acids is 3. The Kier molecular flexibility index (Phi) is 5.75. The van der Waals surface area contributed by atoms with Crippen molar-refractivity contribution in [1.82, 2.24) is 10.3 Å². The standard InChI is InChI=1S/C11H18N4O5/c1-3-19-9(16)7-5-15(11(18)20-4-2)6-8(7)13-14-10(12)17/h7H,3-6H2,1-2H3,(H3,12,14,17)/b13-8+/t7-/m0/s1. The van der Waals surface area contributed by atoms with Crippen molar-refractivity contribution >= 4 is 23.8 Å². The van der Waals surface area contributed by atoms with E-state index in [0.29, 0.717) is 5.71 Å². The van der Waals surface area contributed by atoms with Crippen LogP contribution in [-0.2, 0) is 14.3 Å². The average molecular weight is 286 g/mol. The Labute approximate surface area is 116 Å². The molecule has 0 saturated carbocycles. The van der Waals surface area contributed by atoms with Crippen molar-refractivity contribution in [2.24, 2.45) is 16.8 Å². The molecule has 0 radical (unpaired) electrons. The van der Waals surface area contributed by atoms with E-state index in [1.165, 1.54) is 4.90 Å². The van der Waals surface area contributed by atoms with Gasteiger partial charge in [-0.05, 0) is 13.8 Å². The van der Waals surface area contributed by atoms with Gasteiger partial charge in [0.1, 0.15) is 5.92 Å². The van der Waals surface area contributed by atoms with Gasteiger partial charge < -0.3 is 20.1 Å². The zero-order chi connectivity index (χ0) is 15.1. The number of nitrogens with one attached hydrogen (secondary N) is 1. The van der Waals surface area contributed by atoms with Crippen LogP contribution in [0.4, 0.5) is 9.59 Å². The van der Waals surface area contributed by atoms with Gasteiger partial charge in [0, 0.05) is 6.54 Å². The van der Waals surface area contributed by atoms with Crippen LogP contribution in [0.15, 0.2) is 5.10 Å². The van der Waals surface area contributed by atoms with Gasteiger partial charge in [0.25, 0.3) is 0 Å². The highest BCUT2D eigenvalue weighted by atomic mass is 16.6. The fourth-order valence-corrected chi connectivity index (χ4v) is 1.74. The molecule has 3 amide bonds. The number of hydrogen-bond acceptors (Lipinski definition) is 6. The van der Waals surface area contributed by atoms with Crippen LogP contribution in [-0.4, -0.2) is 55.0 Å². The summed E-state index contributed by atoms with van der Waals surface area (Å²) in [5, 5.41) is 3.74. The zero-order valence-electron chi connectivity index (χ0n) is 11.4. The van der Waals surface area contributed by atoms with Crippen molar-refractivity contribution in [2.75, 3.05) is 26.3 Å². The number of nitrogens with two attached hydrogens (primary N) is 1. The van der Waals surface area contributed by atoms with Gasteiger partial charge in [-0.3, -0.25) is 4.79 Å². The van der Waals surface area contributed by atoms with Gasteiger partial charge >= 0.3 is 18.1 Å². The Morgan fingerprint density at radius 2 is 2.00 bits per heavy atom. The second-order valence-electron chi connectivity index (χ2n) is 3.96. The SMILES string of the molecule is CCOC(=O)[C@H]1CN(C(=O)OCC)C/C1=N\NC(N)=O. The van der Waals surface area contributed by atoms with Crippen LogP contribution >= 0.6 is 0 Å². The van der Waals surface area contributed by atoms with Crippen molar-refractivity contribution in [3.8, 4) is 0 Å². The molecule has 1 aliphatic rings. The predicted octanol–water partition coefficient (Wildman–Crippen LogP) is -0.338. The summed E-state index contributed by atoms with van der Waals surface area (Å²) in [6.07, 6.45) is -0.550. The highest BCUT2D eigenvalue weighted by Crippen LogP contribution is 2.16. The van der Waals surface area contributed by atoms with Gasteiger partial charge in [0.15, 0.2) is 0 Å². The maximum Gasteiger partial charge on any atom is 0.410 e. The number of amides is 3. The Balaban J connectivity index is 2.82. The highest BCUT2D eigenvalue weighted by molar-refractivity contribution is 6.06. The predicted molar refractivity (Wildman–Crippen MR) is 68.9 cm³/mol. The maximum absolute atomic E-state index is 11.8. The van der Waals surface area contributed by atoms with E-state index >= 15 is 0 Å². The third-order valence-electron chi connectivity index (χ3n) is 2.56. The summed E-state index contributed by atoms with van der Waals surface area (Å²) in [6.45, 7) is 3.96. The third-order valence-corrected chi connectivity index (χ3v) is 2.56. The molecule has 1 atom stereocenters. The lowest BCUT2D eigenvalue weighted by Gasteiger charge is -2.14. The number of primary amides is 1. The second kappa shape index (κ2) is 7.31. The first kappa shape index (κ1) is 15.7. The van der Waals surface area contributed by atoms with Gasteiger partial charge in [-0.1, -0.05) is 0 Å². The number of rotatable bonds is 4. The van der Waals surface area contributed by atoms with Crippen LogP contribution < -0.4 is 11.2 Å². The van der Waals surface area contributed by atoms with E-state index < -0.39 is 24.0 Å². The number of esters is 1. The number of urea groups is 1. The van der Waals surface area contributed by atoms with Crippen LogP contribution in [0.3, 0.4) is 0 Å². The number of hydrogen-bond donors (Lipinski definition) is 2. The molecule has 1 aliphatic heterocycles. The molecule has 1 saturated heterocycles. The molecular formula is C11H18N4O5. The van der Waals surface area contributed by atoms with E-state index in [-0.39, 0.29) is 26.3 Å². The first-order valence-electron chi connectivity index (χ1n) is 6.19. The van der Waals surface area contributed by atoms with Crippen molar-refractivity contribution in [1.29, 1.82) is 0 Å². The molecule has 0 aliphatic carbocycles. The van der Waals surface area contributed by atoms with Crippen LogP contribution in [0.2, 0.25) is 0 Å². The van der Waals surface area contributed by atoms with Crippen LogP contribution in [0, 0.1) is 5.92 Å². The van der Waals surface area contributed by atoms with E-state index in [4.69, 9.17) is 15.2 Å². The lowest BCUT2D eigenvalue weighted by molar-refractivity contribution is -0.145. The number of hydrazone groups is 1. The monoisotopic (exact) mass is 286 g/mol. The van der Waals surface area contributed by atoms with Crippen LogP contribution in [0.1, 0.15) is 13.8 Å². The van der Waals surface area contributed by atoms with Crippen LogP contribution in [0.25, 0.3) is 0 Å². The number of likely N-dealkylation sites (tertiary alicyclic amines) is 1. The quantitative estimate of drug-likeness (QED) is 0.540. The van der Waals surface area contributed by atoms with Gasteiger partial charge in [-0.15, -0.1) is 0 Å². The molecule has 0 spiro atoms. The topological polar surface area (TPSA) is 123 Å². The Bertz CT molecular complexity index is 423. The Morgan fingerprint density at radius 3 is 2.55 bits per heavy atom. The summed E-state index contributed by atoms with van der Waals surface area (Å²) in [5.41, 5.74) is 7.26. The largest absolute Gasteiger partial charge is 0.465 e. The Hall–Kier alpha value is -2.32. The normalized spacial score (nSPS) is 19.8. The summed E-state index contributed by atoms with van der Waals surface area (Å²) < 4.78 is 9.76. The van der Waals surface area contributed by atoms with Crippen molar-refractivity contribution in [3.63, 3.8) is 0 Å². The van der Waals surface area contributed by atoms with E-state index in [0.717, 1.165) is 0 Å². The van der Waals surface area contributed by atoms with E-state index in [1.807, 2.05) is 5.43 Å². The van der Waals surface area contributed by atoms with Crippen molar-refractivity contribution in [3.05, 3.63) is 0 Å². The molecule has 0 aromatic carbocycles. The van der Waals surface area contributed by atoms with Crippen molar-refractivity contribution < 1.29 is 23.9 Å². The van der Waals surface area contributed by atoms with Gasteiger partial charge in [0.2, 0.25) is 0 Å². The molecule has 3 N–H and O–H groups in total. The molecule has 1 rings (SSSR count). The number of nitrogens with zero attached hydrogens (tertiary/aromatic N) is 2. The minimum atomic E-state index is -0.852. The minimum absolute atomic E-state index is 0.0720. The molecular weight excluding hydrogens is 268 g/mol. The second-order valence-corrected chi connectivity index (χ2v) is 3.96. The number of carbonyl (C=O) groups is 3. The molecule has 0 bridgehead atoms. The summed E-state index contributed by atoms with van der Waals surface area (Å²) in [4.78, 5) is 35.4. The van der Waals surface area contributed by atoms with Crippen LogP contribution in [0.5, 0.6) is 0 Å².